The van der Waals surface area contributed by atoms with Crippen molar-refractivity contribution in [2.24, 2.45) is 0 Å². The van der Waals surface area contributed by atoms with Gasteiger partial charge in [0.25, 0.3) is 0 Å². The molecule has 0 bridgehead atoms. The fourth-order valence-electron chi connectivity index (χ4n) is 5.96. The second-order valence-electron chi connectivity index (χ2n) is 12.4. The van der Waals surface area contributed by atoms with Crippen molar-refractivity contribution in [3.63, 3.8) is 0 Å². The van der Waals surface area contributed by atoms with Gasteiger partial charge in [-0.05, 0) is 61.2 Å². The highest BCUT2D eigenvalue weighted by Gasteiger charge is 2.26. The van der Waals surface area contributed by atoms with E-state index in [2.05, 4.69) is 20.3 Å². The molecule has 2 N–H and O–H groups in total. The Balaban J connectivity index is 0.998. The molecule has 2 aliphatic rings. The molecule has 10 nitrogen and oxygen atoms in total. The van der Waals surface area contributed by atoms with Crippen LogP contribution in [-0.2, 0) is 24.3 Å². The molecule has 2 fully saturated rings. The largest absolute Gasteiger partial charge is 0.473 e. The van der Waals surface area contributed by atoms with Crippen molar-refractivity contribution in [3.05, 3.63) is 113 Å². The molecule has 6 aromatic rings. The van der Waals surface area contributed by atoms with Crippen LogP contribution in [0.3, 0.4) is 0 Å². The molecule has 1 saturated carbocycles. The van der Waals surface area contributed by atoms with E-state index in [1.165, 1.54) is 6.07 Å². The maximum absolute atomic E-state index is 15.6. The van der Waals surface area contributed by atoms with Crippen LogP contribution in [0.1, 0.15) is 54.1 Å². The molecule has 8 rings (SSSR count). The zero-order chi connectivity index (χ0) is 33.6. The molecule has 3 aromatic heterocycles. The number of aliphatic hydroxyl groups is 2. The second-order valence-corrected chi connectivity index (χ2v) is 12.4. The summed E-state index contributed by atoms with van der Waals surface area (Å²) in [7, 11) is 0. The van der Waals surface area contributed by atoms with E-state index in [4.69, 9.17) is 9.47 Å². The van der Waals surface area contributed by atoms with Crippen LogP contribution < -0.4 is 4.74 Å². The van der Waals surface area contributed by atoms with E-state index in [-0.39, 0.29) is 41.8 Å². The monoisotopic (exact) mass is 668 g/mol. The van der Waals surface area contributed by atoms with Crippen LogP contribution in [0.2, 0.25) is 0 Å². The zero-order valence-corrected chi connectivity index (χ0v) is 26.1. The lowest BCUT2D eigenvalue weighted by molar-refractivity contribution is -0.0590. The molecule has 49 heavy (non-hydrogen) atoms. The maximum Gasteiger partial charge on any atom is 0.214 e. The molecule has 250 valence electrons. The van der Waals surface area contributed by atoms with Crippen LogP contribution in [0.15, 0.2) is 72.9 Å². The molecule has 3 aromatic carbocycles. The summed E-state index contributed by atoms with van der Waals surface area (Å²) < 4.78 is 61.2. The van der Waals surface area contributed by atoms with Crippen molar-refractivity contribution in [1.82, 2.24) is 29.5 Å². The third kappa shape index (κ3) is 6.40. The van der Waals surface area contributed by atoms with Gasteiger partial charge >= 0.3 is 0 Å². The summed E-state index contributed by atoms with van der Waals surface area (Å²) in [5.74, 6) is -1.19. The summed E-state index contributed by atoms with van der Waals surface area (Å²) >= 11 is 0. The third-order valence-electron chi connectivity index (χ3n) is 8.97. The van der Waals surface area contributed by atoms with Gasteiger partial charge in [-0.25, -0.2) is 27.8 Å². The topological polar surface area (TPSA) is 120 Å². The van der Waals surface area contributed by atoms with Crippen molar-refractivity contribution in [2.75, 3.05) is 6.61 Å². The number of aliphatic hydroxyl groups excluding tert-OH is 1. The van der Waals surface area contributed by atoms with Gasteiger partial charge in [-0.3, -0.25) is 0 Å². The van der Waals surface area contributed by atoms with Gasteiger partial charge in [0.15, 0.2) is 6.29 Å². The first-order valence-electron chi connectivity index (χ1n) is 16.0. The fraction of sp³-hybridized carbons (Fsp3) is 0.278. The highest BCUT2D eigenvalue weighted by molar-refractivity contribution is 5.77. The average molecular weight is 669 g/mol. The Morgan fingerprint density at radius 3 is 2.47 bits per heavy atom. The van der Waals surface area contributed by atoms with Gasteiger partial charge in [0, 0.05) is 41.3 Å². The van der Waals surface area contributed by atoms with E-state index < -0.39 is 23.7 Å². The lowest BCUT2D eigenvalue weighted by Crippen LogP contribution is -2.31. The Morgan fingerprint density at radius 1 is 0.878 bits per heavy atom. The molecule has 4 heterocycles. The van der Waals surface area contributed by atoms with Crippen molar-refractivity contribution in [3.8, 4) is 28.4 Å². The van der Waals surface area contributed by atoms with E-state index in [0.29, 0.717) is 58.4 Å². The minimum absolute atomic E-state index is 0.0126. The Kier molecular flexibility index (Phi) is 8.10. The number of imidazole rings is 1. The standard InChI is InChI=1S/C36H31F3N6O4/c37-27-12-20(32-18-45(43-42-32)24-7-8-24)4-5-22(27)19-49-35-3-1-2-30(41-35)26-16-28(38)23(13-29(26)39)15-34-40-31-9-6-21(36(46)47)14-33(31)44(34)17-25-10-11-48-25/h1-6,9,12-14,16,18,24-25,36,46-47H,7-8,10-11,15,17,19H2/t25-/m0/s1. The summed E-state index contributed by atoms with van der Waals surface area (Å²) in [4.78, 5) is 9.02. The van der Waals surface area contributed by atoms with Gasteiger partial charge in [-0.1, -0.05) is 29.5 Å². The van der Waals surface area contributed by atoms with E-state index in [0.717, 1.165) is 31.4 Å². The summed E-state index contributed by atoms with van der Waals surface area (Å²) in [6.07, 6.45) is 3.07. The summed E-state index contributed by atoms with van der Waals surface area (Å²) in [5.41, 5.74) is 3.21. The molecule has 1 aliphatic carbocycles. The highest BCUT2D eigenvalue weighted by Crippen LogP contribution is 2.35. The molecule has 0 unspecified atom stereocenters. The summed E-state index contributed by atoms with van der Waals surface area (Å²) in [6.45, 7) is 0.955. The molecule has 0 radical (unpaired) electrons. The predicted octanol–water partition coefficient (Wildman–Crippen LogP) is 6.05. The number of ether oxygens (including phenoxy) is 2. The highest BCUT2D eigenvalue weighted by atomic mass is 19.1. The van der Waals surface area contributed by atoms with Crippen LogP contribution in [0.25, 0.3) is 33.5 Å². The van der Waals surface area contributed by atoms with Gasteiger partial charge in [-0.15, -0.1) is 5.10 Å². The average Bonchev–Trinajstić information content (AvgIpc) is 3.70. The molecule has 1 aliphatic heterocycles. The van der Waals surface area contributed by atoms with Crippen LogP contribution >= 0.6 is 0 Å². The van der Waals surface area contributed by atoms with Gasteiger partial charge < -0.3 is 24.3 Å². The molecule has 0 spiro atoms. The normalized spacial score (nSPS) is 16.0. The van der Waals surface area contributed by atoms with E-state index in [1.807, 2.05) is 10.8 Å². The first kappa shape index (κ1) is 31.2. The van der Waals surface area contributed by atoms with Gasteiger partial charge in [0.05, 0.1) is 41.6 Å². The van der Waals surface area contributed by atoms with Crippen LogP contribution in [0.5, 0.6) is 5.88 Å². The molecule has 13 heteroatoms. The van der Waals surface area contributed by atoms with Crippen molar-refractivity contribution < 1.29 is 32.9 Å². The van der Waals surface area contributed by atoms with Crippen LogP contribution in [-0.4, -0.2) is 52.5 Å². The molecular weight excluding hydrogens is 637 g/mol. The molecule has 1 atom stereocenters. The maximum atomic E-state index is 15.6. The summed E-state index contributed by atoms with van der Waals surface area (Å²) in [6, 6.07) is 16.9. The van der Waals surface area contributed by atoms with E-state index >= 15 is 8.78 Å². The number of hydrogen-bond donors (Lipinski definition) is 2. The summed E-state index contributed by atoms with van der Waals surface area (Å²) in [5, 5.41) is 27.7. The number of fused-ring (bicyclic) bond motifs is 1. The minimum atomic E-state index is -1.66. The number of pyridine rings is 1. The van der Waals surface area contributed by atoms with Crippen LogP contribution in [0, 0.1) is 17.5 Å². The number of nitrogens with zero attached hydrogens (tertiary/aromatic N) is 6. The first-order chi connectivity index (χ1) is 23.8. The van der Waals surface area contributed by atoms with Crippen molar-refractivity contribution >= 4 is 11.0 Å². The SMILES string of the molecule is OC(O)c1ccc2nc(Cc3cc(F)c(-c4cccc(OCc5ccc(-c6cn(C7CC7)nn6)cc5F)n4)cc3F)n(C[C@@H]3CCO3)c2c1. The quantitative estimate of drug-likeness (QED) is 0.160. The Hall–Kier alpha value is -5.11. The Morgan fingerprint density at radius 2 is 1.71 bits per heavy atom. The smallest absolute Gasteiger partial charge is 0.214 e. The Labute approximate surface area is 278 Å². The van der Waals surface area contributed by atoms with Crippen molar-refractivity contribution in [1.29, 1.82) is 0 Å². The minimum Gasteiger partial charge on any atom is -0.473 e. The van der Waals surface area contributed by atoms with Gasteiger partial charge in [-0.2, -0.15) is 0 Å². The third-order valence-corrected chi connectivity index (χ3v) is 8.97. The van der Waals surface area contributed by atoms with E-state index in [1.54, 1.807) is 53.2 Å². The number of halogens is 3. The second kappa shape index (κ2) is 12.7. The fourth-order valence-corrected chi connectivity index (χ4v) is 5.96. The van der Waals surface area contributed by atoms with Crippen molar-refractivity contribution in [2.45, 2.75) is 57.3 Å². The zero-order valence-electron chi connectivity index (χ0n) is 26.1. The lowest BCUT2D eigenvalue weighted by atomic mass is 10.0. The number of hydrogen-bond acceptors (Lipinski definition) is 8. The van der Waals surface area contributed by atoms with E-state index in [9.17, 15) is 14.6 Å². The predicted molar refractivity (Wildman–Crippen MR) is 172 cm³/mol. The Bertz CT molecular complexity index is 2180. The molecule has 0 amide bonds. The first-order valence-corrected chi connectivity index (χ1v) is 16.0. The number of benzene rings is 3. The molecular formula is C36H31F3N6O4. The van der Waals surface area contributed by atoms with Gasteiger partial charge in [0.2, 0.25) is 5.88 Å². The number of rotatable bonds is 11. The van der Waals surface area contributed by atoms with Gasteiger partial charge in [0.1, 0.15) is 35.6 Å². The number of aromatic nitrogens is 6. The lowest BCUT2D eigenvalue weighted by Gasteiger charge is -2.27. The van der Waals surface area contributed by atoms with Crippen LogP contribution in [0.4, 0.5) is 13.2 Å². The molecule has 1 saturated heterocycles.